The molecule has 0 saturated heterocycles. The van der Waals surface area contributed by atoms with Gasteiger partial charge in [0.25, 0.3) is 0 Å². The van der Waals surface area contributed by atoms with Crippen LogP contribution in [0.25, 0.3) is 0 Å². The van der Waals surface area contributed by atoms with Gasteiger partial charge in [0.15, 0.2) is 0 Å². The number of carbonyl (C=O) groups excluding carboxylic acids is 2. The van der Waals surface area contributed by atoms with Crippen LogP contribution in [0.5, 0.6) is 11.5 Å². The molecule has 47 heavy (non-hydrogen) atoms. The van der Waals surface area contributed by atoms with E-state index in [1.54, 1.807) is 0 Å². The van der Waals surface area contributed by atoms with Crippen molar-refractivity contribution in [2.45, 2.75) is 144 Å². The molecule has 0 amide bonds. The molecule has 263 valence electrons. The summed E-state index contributed by atoms with van der Waals surface area (Å²) in [6, 6.07) is 9.09. The number of benzene rings is 2. The quantitative estimate of drug-likeness (QED) is 0.246. The molecule has 2 aromatic carbocycles. The fraction of sp³-hybridized carbons (Fsp3) is 0.579. The van der Waals surface area contributed by atoms with Gasteiger partial charge in [-0.2, -0.15) is 0 Å². The van der Waals surface area contributed by atoms with Gasteiger partial charge in [-0.25, -0.2) is 0 Å². The Hall–Kier alpha value is -3.17. The Bertz CT molecular complexity index is 1190. The van der Waals surface area contributed by atoms with Gasteiger partial charge < -0.3 is 30.0 Å². The second-order valence-electron chi connectivity index (χ2n) is 12.8. The zero-order valence-corrected chi connectivity index (χ0v) is 30.6. The van der Waals surface area contributed by atoms with Crippen LogP contribution in [0, 0.1) is 0 Å². The Kier molecular flexibility index (Phi) is 21.6. The van der Waals surface area contributed by atoms with Crippen LogP contribution in [-0.4, -0.2) is 46.7 Å². The van der Waals surface area contributed by atoms with Crippen LogP contribution < -0.4 is 10.2 Å². The van der Waals surface area contributed by atoms with Crippen LogP contribution in [0.2, 0.25) is 0 Å². The van der Waals surface area contributed by atoms with Crippen molar-refractivity contribution in [1.82, 2.24) is 0 Å². The summed E-state index contributed by atoms with van der Waals surface area (Å²) < 4.78 is 0. The normalized spacial score (nSPS) is 16.0. The molecular formula is C38H56CoN2O6. The van der Waals surface area contributed by atoms with Gasteiger partial charge >= 0.3 is 16.8 Å². The number of aliphatic carboxylic acids is 2. The van der Waals surface area contributed by atoms with Crippen molar-refractivity contribution >= 4 is 24.4 Å². The van der Waals surface area contributed by atoms with Crippen molar-refractivity contribution in [3.63, 3.8) is 0 Å². The molecular weight excluding hydrogens is 639 g/mol. The van der Waals surface area contributed by atoms with Gasteiger partial charge in [-0.1, -0.05) is 66.5 Å². The summed E-state index contributed by atoms with van der Waals surface area (Å²) in [6.45, 7) is 14.9. The summed E-state index contributed by atoms with van der Waals surface area (Å²) in [5, 5.41) is 39.5. The first kappa shape index (κ1) is 43.8. The van der Waals surface area contributed by atoms with Crippen molar-refractivity contribution in [2.24, 2.45) is 9.98 Å². The number of rotatable bonds is 12. The SMILES string of the molecule is CC(=O)[O-].CC(=O)[O-].CCCCc1cc(C=NC2CCC(N=Cc3cc(CCCC)cc(C(C)C)c3O)CC2)c(O)c(C(C)C)c1.[Co+2]. The molecule has 0 aromatic heterocycles. The van der Waals surface area contributed by atoms with Crippen molar-refractivity contribution in [1.29, 1.82) is 0 Å². The van der Waals surface area contributed by atoms with Crippen molar-refractivity contribution in [3.8, 4) is 11.5 Å². The third-order valence-corrected chi connectivity index (χ3v) is 7.85. The van der Waals surface area contributed by atoms with Crippen molar-refractivity contribution in [2.75, 3.05) is 0 Å². The molecule has 2 aromatic rings. The number of aryl methyl sites for hydroxylation is 2. The molecule has 0 heterocycles. The predicted octanol–water partition coefficient (Wildman–Crippen LogP) is 6.39. The van der Waals surface area contributed by atoms with E-state index >= 15 is 0 Å². The first-order chi connectivity index (χ1) is 21.7. The Balaban J connectivity index is 0.00000211. The number of nitrogens with zero attached hydrogens (tertiary/aromatic N) is 2. The zero-order chi connectivity index (χ0) is 34.8. The summed E-state index contributed by atoms with van der Waals surface area (Å²) in [6.07, 6.45) is 14.5. The maximum absolute atomic E-state index is 10.9. The maximum atomic E-state index is 10.9. The second-order valence-corrected chi connectivity index (χ2v) is 12.8. The minimum absolute atomic E-state index is 0. The number of aromatic hydroxyl groups is 2. The molecule has 0 unspecified atom stereocenters. The Morgan fingerprint density at radius 3 is 1.28 bits per heavy atom. The van der Waals surface area contributed by atoms with E-state index in [0.29, 0.717) is 11.5 Å². The Labute approximate surface area is 293 Å². The second kappa shape index (κ2) is 23.2. The van der Waals surface area contributed by atoms with Gasteiger partial charge in [-0.3, -0.25) is 9.98 Å². The molecule has 0 atom stereocenters. The number of carbonyl (C=O) groups is 2. The smallest absolute Gasteiger partial charge is 0.550 e. The van der Waals surface area contributed by atoms with Gasteiger partial charge in [-0.15, -0.1) is 0 Å². The van der Waals surface area contributed by atoms with Gasteiger partial charge in [0, 0.05) is 35.5 Å². The summed E-state index contributed by atoms with van der Waals surface area (Å²) in [4.78, 5) is 27.6. The molecule has 1 aliphatic rings. The predicted molar refractivity (Wildman–Crippen MR) is 184 cm³/mol. The van der Waals surface area contributed by atoms with Crippen LogP contribution >= 0.6 is 0 Å². The molecule has 0 spiro atoms. The number of hydrogen-bond acceptors (Lipinski definition) is 8. The molecule has 0 aliphatic heterocycles. The van der Waals surface area contributed by atoms with E-state index in [-0.39, 0.29) is 40.7 Å². The van der Waals surface area contributed by atoms with Crippen molar-refractivity contribution < 1.29 is 46.8 Å². The maximum Gasteiger partial charge on any atom is 2.00 e. The first-order valence-corrected chi connectivity index (χ1v) is 16.8. The topological polar surface area (TPSA) is 145 Å². The molecule has 2 N–H and O–H groups in total. The fourth-order valence-corrected chi connectivity index (χ4v) is 5.34. The number of unbranched alkanes of at least 4 members (excludes halogenated alkanes) is 2. The van der Waals surface area contributed by atoms with E-state index in [1.807, 2.05) is 12.4 Å². The van der Waals surface area contributed by atoms with E-state index < -0.39 is 11.9 Å². The first-order valence-electron chi connectivity index (χ1n) is 16.8. The van der Waals surface area contributed by atoms with Crippen LogP contribution in [0.3, 0.4) is 0 Å². The number of aliphatic imine (C=N–C) groups is 2. The van der Waals surface area contributed by atoms with Gasteiger partial charge in [0.05, 0.1) is 12.1 Å². The van der Waals surface area contributed by atoms with Gasteiger partial charge in [0.2, 0.25) is 0 Å². The van der Waals surface area contributed by atoms with Gasteiger partial charge in [-0.05, 0) is 111 Å². The number of phenolic OH excluding ortho intramolecular Hbond substituents is 2. The molecule has 1 aliphatic carbocycles. The monoisotopic (exact) mass is 695 g/mol. The van der Waals surface area contributed by atoms with Crippen LogP contribution in [-0.2, 0) is 39.2 Å². The van der Waals surface area contributed by atoms with Crippen molar-refractivity contribution in [3.05, 3.63) is 57.6 Å². The molecule has 0 bridgehead atoms. The van der Waals surface area contributed by atoms with Crippen LogP contribution in [0.1, 0.15) is 152 Å². The molecule has 9 heteroatoms. The van der Waals surface area contributed by atoms with E-state index in [9.17, 15) is 10.2 Å². The minimum atomic E-state index is -1.08. The molecule has 3 rings (SSSR count). The molecule has 1 saturated carbocycles. The van der Waals surface area contributed by atoms with Crippen LogP contribution in [0.4, 0.5) is 0 Å². The summed E-state index contributed by atoms with van der Waals surface area (Å²) in [5.41, 5.74) is 6.30. The van der Waals surface area contributed by atoms with E-state index in [1.165, 1.54) is 11.1 Å². The standard InChI is InChI=1S/C34H50N2O2.2C2H4O2.Co/c1-7-9-11-25-17-27(33(37)31(19-25)23(3)4)21-35-29-13-15-30(16-14-29)36-22-28-18-26(12-10-8-2)20-32(24(5)6)34(28)38;2*1-2(3)4;/h17-24,29-30,37-38H,7-16H2,1-6H3;2*1H3,(H,3,4);/q;;;+2/p-2. The van der Waals surface area contributed by atoms with E-state index in [0.717, 1.165) is 100 Å². The largest absolute Gasteiger partial charge is 2.00 e. The molecule has 8 nitrogen and oxygen atoms in total. The zero-order valence-electron chi connectivity index (χ0n) is 29.6. The Morgan fingerprint density at radius 2 is 1.02 bits per heavy atom. The number of hydrogen-bond donors (Lipinski definition) is 2. The third-order valence-electron chi connectivity index (χ3n) is 7.85. The third kappa shape index (κ3) is 17.0. The van der Waals surface area contributed by atoms with Gasteiger partial charge in [0.1, 0.15) is 11.5 Å². The molecule has 1 radical (unpaired) electrons. The summed E-state index contributed by atoms with van der Waals surface area (Å²) in [5.74, 6) is -0.853. The summed E-state index contributed by atoms with van der Waals surface area (Å²) >= 11 is 0. The summed E-state index contributed by atoms with van der Waals surface area (Å²) in [7, 11) is 0. The minimum Gasteiger partial charge on any atom is -0.550 e. The number of carboxylic acids is 2. The average Bonchev–Trinajstić information content (AvgIpc) is 2.98. The number of phenols is 2. The Morgan fingerprint density at radius 1 is 0.723 bits per heavy atom. The van der Waals surface area contributed by atoms with E-state index in [4.69, 9.17) is 29.8 Å². The average molecular weight is 696 g/mol. The van der Waals surface area contributed by atoms with Crippen LogP contribution in [0.15, 0.2) is 34.3 Å². The molecule has 1 fully saturated rings. The fourth-order valence-electron chi connectivity index (χ4n) is 5.34. The van der Waals surface area contributed by atoms with E-state index in [2.05, 4.69) is 65.8 Å². The number of carboxylic acid groups (broad SMARTS) is 2.